The van der Waals surface area contributed by atoms with Crippen LogP contribution in [0.2, 0.25) is 0 Å². The first-order valence-corrected chi connectivity index (χ1v) is 8.85. The van der Waals surface area contributed by atoms with Crippen LogP contribution in [-0.2, 0) is 0 Å². The molecule has 0 radical (unpaired) electrons. The molecular weight excluding hydrogens is 344 g/mol. The van der Waals surface area contributed by atoms with E-state index in [2.05, 4.69) is 10.6 Å². The summed E-state index contributed by atoms with van der Waals surface area (Å²) in [4.78, 5) is 25.1. The van der Waals surface area contributed by atoms with Gasteiger partial charge in [-0.15, -0.1) is 0 Å². The summed E-state index contributed by atoms with van der Waals surface area (Å²) < 4.78 is 7.38. The molecule has 1 amide bonds. The highest BCUT2D eigenvalue weighted by molar-refractivity contribution is 5.97. The lowest BCUT2D eigenvalue weighted by molar-refractivity contribution is 0.0954. The fourth-order valence-electron chi connectivity index (χ4n) is 3.17. The highest BCUT2D eigenvalue weighted by Gasteiger charge is 2.14. The number of nitrogens with zero attached hydrogens (tertiary/aromatic N) is 1. The topological polar surface area (TPSA) is 102 Å². The molecule has 0 saturated carbocycles. The molecule has 4 N–H and O–H groups in total. The van der Waals surface area contributed by atoms with E-state index in [1.807, 2.05) is 24.3 Å². The molecule has 7 nitrogen and oxygen atoms in total. The summed E-state index contributed by atoms with van der Waals surface area (Å²) in [6, 6.07) is 14.3. The molecular formula is C20H20N4O3. The van der Waals surface area contributed by atoms with Gasteiger partial charge in [0.25, 0.3) is 11.5 Å². The van der Waals surface area contributed by atoms with Crippen LogP contribution in [0.15, 0.2) is 57.7 Å². The van der Waals surface area contributed by atoms with E-state index in [1.165, 1.54) is 4.40 Å². The van der Waals surface area contributed by atoms with Gasteiger partial charge in [0.15, 0.2) is 5.58 Å². The van der Waals surface area contributed by atoms with Gasteiger partial charge in [-0.25, -0.2) is 4.40 Å². The summed E-state index contributed by atoms with van der Waals surface area (Å²) in [5.74, 6) is -0.190. The van der Waals surface area contributed by atoms with E-state index in [4.69, 9.17) is 10.2 Å². The molecule has 0 spiro atoms. The first-order chi connectivity index (χ1) is 13.2. The van der Waals surface area contributed by atoms with Crippen molar-refractivity contribution in [1.82, 2.24) is 15.0 Å². The molecule has 0 atom stereocenters. The van der Waals surface area contributed by atoms with Gasteiger partial charge < -0.3 is 20.8 Å². The van der Waals surface area contributed by atoms with Gasteiger partial charge in [0, 0.05) is 43.2 Å². The van der Waals surface area contributed by atoms with Gasteiger partial charge in [-0.3, -0.25) is 9.59 Å². The summed E-state index contributed by atoms with van der Waals surface area (Å²) in [5.41, 5.74) is 7.35. The Balaban J connectivity index is 1.68. The van der Waals surface area contributed by atoms with Crippen LogP contribution < -0.4 is 21.9 Å². The number of benzene rings is 2. The summed E-state index contributed by atoms with van der Waals surface area (Å²) in [7, 11) is 0. The Labute approximate surface area is 154 Å². The molecule has 0 aliphatic carbocycles. The van der Waals surface area contributed by atoms with Gasteiger partial charge in [0.1, 0.15) is 0 Å². The van der Waals surface area contributed by atoms with Crippen molar-refractivity contribution in [3.8, 4) is 0 Å². The molecule has 0 aliphatic rings. The normalized spacial score (nSPS) is 11.4. The second kappa shape index (κ2) is 7.22. The van der Waals surface area contributed by atoms with E-state index in [9.17, 15) is 9.59 Å². The number of hydrogen-bond donors (Lipinski definition) is 3. The average Bonchev–Trinajstić information content (AvgIpc) is 3.05. The molecule has 2 heterocycles. The molecule has 138 valence electrons. The highest BCUT2D eigenvalue weighted by Crippen LogP contribution is 2.23. The summed E-state index contributed by atoms with van der Waals surface area (Å²) in [6.07, 6.45) is 0. The summed E-state index contributed by atoms with van der Waals surface area (Å²) in [6.45, 7) is 2.43. The lowest BCUT2D eigenvalue weighted by Gasteiger charge is -2.06. The highest BCUT2D eigenvalue weighted by atomic mass is 16.3. The molecule has 2 aromatic carbocycles. The van der Waals surface area contributed by atoms with Gasteiger partial charge in [-0.05, 0) is 29.7 Å². The number of nitrogens with two attached hydrogens (primary N) is 1. The number of hydrogen-bond acceptors (Lipinski definition) is 5. The van der Waals surface area contributed by atoms with Crippen molar-refractivity contribution >= 4 is 33.5 Å². The zero-order valence-corrected chi connectivity index (χ0v) is 14.7. The van der Waals surface area contributed by atoms with E-state index in [0.29, 0.717) is 53.9 Å². The van der Waals surface area contributed by atoms with Crippen LogP contribution >= 0.6 is 0 Å². The van der Waals surface area contributed by atoms with Gasteiger partial charge in [-0.1, -0.05) is 18.2 Å². The Hall–Kier alpha value is -3.16. The minimum Gasteiger partial charge on any atom is -0.438 e. The molecule has 2 aromatic heterocycles. The number of pyridine rings is 1. The predicted molar refractivity (Wildman–Crippen MR) is 105 cm³/mol. The van der Waals surface area contributed by atoms with Crippen molar-refractivity contribution in [3.63, 3.8) is 0 Å². The van der Waals surface area contributed by atoms with Crippen LogP contribution in [0.25, 0.3) is 27.6 Å². The first-order valence-electron chi connectivity index (χ1n) is 8.85. The molecule has 27 heavy (non-hydrogen) atoms. The number of nitrogens with one attached hydrogen (secondary N) is 2. The van der Waals surface area contributed by atoms with Crippen molar-refractivity contribution in [2.75, 3.05) is 26.2 Å². The van der Waals surface area contributed by atoms with Gasteiger partial charge in [0.2, 0.25) is 5.71 Å². The number of carbonyl (C=O) groups excluding carboxylic acids is 1. The van der Waals surface area contributed by atoms with E-state index in [-0.39, 0.29) is 11.5 Å². The van der Waals surface area contributed by atoms with Crippen molar-refractivity contribution < 1.29 is 9.21 Å². The molecule has 4 rings (SSSR count). The maximum absolute atomic E-state index is 12.8. The second-order valence-corrected chi connectivity index (χ2v) is 6.29. The van der Waals surface area contributed by atoms with Gasteiger partial charge in [-0.2, -0.15) is 0 Å². The Bertz CT molecular complexity index is 1190. The Morgan fingerprint density at radius 3 is 2.78 bits per heavy atom. The number of aromatic nitrogens is 1. The van der Waals surface area contributed by atoms with Crippen LogP contribution in [0.1, 0.15) is 10.4 Å². The van der Waals surface area contributed by atoms with Crippen LogP contribution in [0.4, 0.5) is 0 Å². The van der Waals surface area contributed by atoms with E-state index in [1.54, 1.807) is 24.3 Å². The van der Waals surface area contributed by atoms with Crippen molar-refractivity contribution in [2.45, 2.75) is 0 Å². The van der Waals surface area contributed by atoms with Crippen molar-refractivity contribution in [1.29, 1.82) is 0 Å². The van der Waals surface area contributed by atoms with Crippen LogP contribution in [0.5, 0.6) is 0 Å². The molecule has 0 saturated heterocycles. The van der Waals surface area contributed by atoms with Crippen LogP contribution in [-0.4, -0.2) is 36.5 Å². The lowest BCUT2D eigenvalue weighted by atomic mass is 10.1. The van der Waals surface area contributed by atoms with Crippen molar-refractivity contribution in [3.05, 3.63) is 64.4 Å². The van der Waals surface area contributed by atoms with Crippen LogP contribution in [0, 0.1) is 0 Å². The third-order valence-corrected chi connectivity index (χ3v) is 4.48. The zero-order valence-electron chi connectivity index (χ0n) is 14.7. The van der Waals surface area contributed by atoms with E-state index >= 15 is 0 Å². The number of fused-ring (bicyclic) bond motifs is 4. The quantitative estimate of drug-likeness (QED) is 0.450. The Morgan fingerprint density at radius 2 is 1.93 bits per heavy atom. The number of rotatable bonds is 6. The van der Waals surface area contributed by atoms with E-state index < -0.39 is 0 Å². The van der Waals surface area contributed by atoms with Crippen LogP contribution in [0.3, 0.4) is 0 Å². The van der Waals surface area contributed by atoms with Crippen molar-refractivity contribution in [2.24, 2.45) is 5.73 Å². The van der Waals surface area contributed by atoms with Gasteiger partial charge in [0.05, 0.1) is 5.52 Å². The molecule has 0 unspecified atom stereocenters. The SMILES string of the molecule is NCCNCCNC(=O)c1ccc2c(c1)oc1cc3ccccc3c(=O)n12. The number of amides is 1. The number of carbonyl (C=O) groups is 1. The molecule has 0 aliphatic heterocycles. The first kappa shape index (κ1) is 17.3. The monoisotopic (exact) mass is 364 g/mol. The second-order valence-electron chi connectivity index (χ2n) is 6.29. The maximum Gasteiger partial charge on any atom is 0.265 e. The average molecular weight is 364 g/mol. The maximum atomic E-state index is 12.8. The molecule has 0 fully saturated rings. The molecule has 0 bridgehead atoms. The zero-order chi connectivity index (χ0) is 18.8. The largest absolute Gasteiger partial charge is 0.438 e. The summed E-state index contributed by atoms with van der Waals surface area (Å²) in [5, 5.41) is 7.41. The minimum absolute atomic E-state index is 0.134. The third-order valence-electron chi connectivity index (χ3n) is 4.48. The fourth-order valence-corrected chi connectivity index (χ4v) is 3.17. The Kier molecular flexibility index (Phi) is 4.62. The smallest absolute Gasteiger partial charge is 0.265 e. The fraction of sp³-hybridized carbons (Fsp3) is 0.200. The molecule has 7 heteroatoms. The minimum atomic E-state index is -0.190. The Morgan fingerprint density at radius 1 is 1.07 bits per heavy atom. The third kappa shape index (κ3) is 3.18. The summed E-state index contributed by atoms with van der Waals surface area (Å²) >= 11 is 0. The molecule has 4 aromatic rings. The predicted octanol–water partition coefficient (Wildman–Crippen LogP) is 1.48. The van der Waals surface area contributed by atoms with E-state index in [0.717, 1.165) is 5.39 Å². The standard InChI is InChI=1S/C20H20N4O3/c21-7-8-22-9-10-23-19(25)14-5-6-16-17(11-14)27-18-12-13-3-1-2-4-15(13)20(26)24(16)18/h1-6,11-12,22H,7-10,21H2,(H,23,25). The number of oxazole rings is 1. The lowest BCUT2D eigenvalue weighted by Crippen LogP contribution is -2.33. The van der Waals surface area contributed by atoms with Gasteiger partial charge >= 0.3 is 0 Å².